The third-order valence-electron chi connectivity index (χ3n) is 4.83. The molecule has 0 aliphatic rings. The molecule has 0 atom stereocenters. The van der Waals surface area contributed by atoms with Gasteiger partial charge < -0.3 is 14.5 Å². The summed E-state index contributed by atoms with van der Waals surface area (Å²) in [6, 6.07) is 17.7. The van der Waals surface area contributed by atoms with E-state index in [0.29, 0.717) is 29.5 Å². The van der Waals surface area contributed by atoms with Crippen molar-refractivity contribution in [1.82, 2.24) is 24.9 Å². The molecule has 7 heteroatoms. The Hall–Kier alpha value is -4.26. The van der Waals surface area contributed by atoms with Crippen molar-refractivity contribution in [2.75, 3.05) is 7.11 Å². The summed E-state index contributed by atoms with van der Waals surface area (Å²) in [6.45, 7) is 0. The van der Waals surface area contributed by atoms with Crippen molar-refractivity contribution in [3.8, 4) is 28.6 Å². The summed E-state index contributed by atoms with van der Waals surface area (Å²) >= 11 is 0. The minimum atomic E-state index is 0.405. The van der Waals surface area contributed by atoms with E-state index in [1.807, 2.05) is 54.6 Å². The van der Waals surface area contributed by atoms with Crippen LogP contribution in [0.1, 0.15) is 11.4 Å². The second-order valence-electron chi connectivity index (χ2n) is 6.95. The number of hydrogen-bond donors (Lipinski definition) is 1. The number of pyridine rings is 1. The second kappa shape index (κ2) is 8.23. The van der Waals surface area contributed by atoms with Crippen LogP contribution < -0.4 is 9.47 Å². The normalized spacial score (nSPS) is 10.9. The van der Waals surface area contributed by atoms with Crippen LogP contribution in [0.3, 0.4) is 0 Å². The molecule has 0 saturated carbocycles. The first kappa shape index (κ1) is 18.7. The molecule has 0 unspecified atom stereocenters. The zero-order chi connectivity index (χ0) is 21.0. The number of imidazole rings is 1. The lowest BCUT2D eigenvalue weighted by molar-refractivity contribution is 0.413. The monoisotopic (exact) mass is 409 g/mol. The van der Waals surface area contributed by atoms with E-state index < -0.39 is 0 Å². The lowest BCUT2D eigenvalue weighted by Crippen LogP contribution is -1.96. The minimum absolute atomic E-state index is 0.405. The summed E-state index contributed by atoms with van der Waals surface area (Å²) in [5, 5.41) is 0. The molecular weight excluding hydrogens is 390 g/mol. The largest absolute Gasteiger partial charge is 0.495 e. The van der Waals surface area contributed by atoms with Crippen LogP contribution in [0.4, 0.5) is 0 Å². The number of benzene rings is 2. The van der Waals surface area contributed by atoms with Crippen LogP contribution >= 0.6 is 0 Å². The van der Waals surface area contributed by atoms with Gasteiger partial charge in [0.1, 0.15) is 23.0 Å². The number of H-pyrrole nitrogens is 1. The molecule has 3 heterocycles. The van der Waals surface area contributed by atoms with Crippen molar-refractivity contribution in [2.45, 2.75) is 6.42 Å². The van der Waals surface area contributed by atoms with Crippen LogP contribution in [0.15, 0.2) is 79.4 Å². The van der Waals surface area contributed by atoms with Crippen molar-refractivity contribution in [2.24, 2.45) is 0 Å². The van der Waals surface area contributed by atoms with Crippen molar-refractivity contribution in [3.63, 3.8) is 0 Å². The van der Waals surface area contributed by atoms with E-state index >= 15 is 0 Å². The van der Waals surface area contributed by atoms with Crippen LogP contribution in [0.5, 0.6) is 17.4 Å². The molecule has 0 radical (unpaired) electrons. The van der Waals surface area contributed by atoms with Crippen LogP contribution in [0.2, 0.25) is 0 Å². The van der Waals surface area contributed by atoms with E-state index in [1.54, 1.807) is 31.9 Å². The molecule has 1 N–H and O–H groups in total. The summed E-state index contributed by atoms with van der Waals surface area (Å²) in [6.07, 6.45) is 7.28. The van der Waals surface area contributed by atoms with Gasteiger partial charge in [-0.1, -0.05) is 24.3 Å². The molecule has 0 spiro atoms. The molecule has 2 aromatic carbocycles. The Kier molecular flexibility index (Phi) is 4.98. The average molecular weight is 409 g/mol. The number of methoxy groups -OCH3 is 1. The fourth-order valence-corrected chi connectivity index (χ4v) is 3.33. The van der Waals surface area contributed by atoms with Gasteiger partial charge in [0.15, 0.2) is 0 Å². The maximum Gasteiger partial charge on any atom is 0.246 e. The predicted molar refractivity (Wildman–Crippen MR) is 117 cm³/mol. The van der Waals surface area contributed by atoms with Gasteiger partial charge in [-0.3, -0.25) is 4.98 Å². The summed E-state index contributed by atoms with van der Waals surface area (Å²) in [5.41, 5.74) is 4.51. The molecule has 0 aliphatic carbocycles. The lowest BCUT2D eigenvalue weighted by atomic mass is 10.1. The summed E-state index contributed by atoms with van der Waals surface area (Å²) < 4.78 is 11.3. The van der Waals surface area contributed by atoms with Crippen molar-refractivity contribution < 1.29 is 9.47 Å². The van der Waals surface area contributed by atoms with Crippen LogP contribution in [-0.2, 0) is 6.42 Å². The van der Waals surface area contributed by atoms with Crippen LogP contribution in [-0.4, -0.2) is 32.0 Å². The minimum Gasteiger partial charge on any atom is -0.495 e. The van der Waals surface area contributed by atoms with E-state index in [2.05, 4.69) is 24.9 Å². The molecule has 152 valence electrons. The number of hydrogen-bond acceptors (Lipinski definition) is 6. The highest BCUT2D eigenvalue weighted by Gasteiger charge is 2.12. The number of aromatic nitrogens is 5. The first-order valence-electron chi connectivity index (χ1n) is 9.79. The van der Waals surface area contributed by atoms with E-state index in [-0.39, 0.29) is 0 Å². The number of nitrogens with zero attached hydrogens (tertiary/aromatic N) is 4. The van der Waals surface area contributed by atoms with Gasteiger partial charge in [-0.05, 0) is 35.9 Å². The average Bonchev–Trinajstić information content (AvgIpc) is 3.23. The molecule has 0 fully saturated rings. The Balaban J connectivity index is 1.35. The predicted octanol–water partition coefficient (Wildman–Crippen LogP) is 4.81. The highest BCUT2D eigenvalue weighted by Crippen LogP contribution is 2.30. The molecule has 0 amide bonds. The zero-order valence-electron chi connectivity index (χ0n) is 16.8. The number of fused-ring (bicyclic) bond motifs is 1. The number of nitrogens with one attached hydrogen (secondary N) is 1. The number of rotatable bonds is 6. The Bertz CT molecular complexity index is 1300. The van der Waals surface area contributed by atoms with Crippen LogP contribution in [0.25, 0.3) is 22.3 Å². The molecule has 5 aromatic rings. The summed E-state index contributed by atoms with van der Waals surface area (Å²) in [5.74, 6) is 2.65. The van der Waals surface area contributed by atoms with E-state index in [9.17, 15) is 0 Å². The number of ether oxygens (including phenoxy) is 2. The van der Waals surface area contributed by atoms with E-state index in [0.717, 1.165) is 28.0 Å². The van der Waals surface area contributed by atoms with Gasteiger partial charge in [0, 0.05) is 30.6 Å². The van der Waals surface area contributed by atoms with Crippen LogP contribution in [0, 0.1) is 0 Å². The standard InChI is InChI=1S/C24H19N5O2/c1-30-19-13-17(14-25-15-19)23-24(27-11-10-26-23)31-18-8-6-16(7-9-18)12-22-28-20-4-2-3-5-21(20)29-22/h2-11,13-15H,12H2,1H3,(H,28,29). The van der Waals surface area contributed by atoms with Crippen molar-refractivity contribution in [3.05, 3.63) is 90.8 Å². The van der Waals surface area contributed by atoms with Gasteiger partial charge in [0.05, 0.1) is 24.3 Å². The third-order valence-corrected chi connectivity index (χ3v) is 4.83. The molecule has 7 nitrogen and oxygen atoms in total. The van der Waals surface area contributed by atoms with Crippen molar-refractivity contribution in [1.29, 1.82) is 0 Å². The Morgan fingerprint density at radius 3 is 2.58 bits per heavy atom. The Labute approximate surface area is 178 Å². The smallest absolute Gasteiger partial charge is 0.246 e. The van der Waals surface area contributed by atoms with Gasteiger partial charge >= 0.3 is 0 Å². The van der Waals surface area contributed by atoms with Crippen molar-refractivity contribution >= 4 is 11.0 Å². The number of aromatic amines is 1. The topological polar surface area (TPSA) is 85.8 Å². The zero-order valence-corrected chi connectivity index (χ0v) is 16.8. The molecular formula is C24H19N5O2. The maximum atomic E-state index is 6.03. The van der Waals surface area contributed by atoms with Gasteiger partial charge in [0.25, 0.3) is 0 Å². The third kappa shape index (κ3) is 4.06. The molecule has 31 heavy (non-hydrogen) atoms. The fraction of sp³-hybridized carbons (Fsp3) is 0.0833. The molecule has 5 rings (SSSR count). The van der Waals surface area contributed by atoms with Gasteiger partial charge in [-0.15, -0.1) is 0 Å². The lowest BCUT2D eigenvalue weighted by Gasteiger charge is -2.10. The summed E-state index contributed by atoms with van der Waals surface area (Å²) in [7, 11) is 1.60. The molecule has 0 saturated heterocycles. The SMILES string of the molecule is COc1cncc(-c2nccnc2Oc2ccc(Cc3nc4ccccc4[nH]3)cc2)c1. The van der Waals surface area contributed by atoms with E-state index in [4.69, 9.17) is 9.47 Å². The quantitative estimate of drug-likeness (QED) is 0.433. The molecule has 3 aromatic heterocycles. The van der Waals surface area contributed by atoms with E-state index in [1.165, 1.54) is 0 Å². The highest BCUT2D eigenvalue weighted by molar-refractivity contribution is 5.74. The fourth-order valence-electron chi connectivity index (χ4n) is 3.33. The first-order valence-corrected chi connectivity index (χ1v) is 9.79. The first-order chi connectivity index (χ1) is 15.3. The Morgan fingerprint density at radius 1 is 0.903 bits per heavy atom. The summed E-state index contributed by atoms with van der Waals surface area (Å²) in [4.78, 5) is 21.0. The number of para-hydroxylation sites is 2. The Morgan fingerprint density at radius 2 is 1.74 bits per heavy atom. The highest BCUT2D eigenvalue weighted by atomic mass is 16.5. The van der Waals surface area contributed by atoms with Gasteiger partial charge in [-0.2, -0.15) is 0 Å². The maximum absolute atomic E-state index is 6.03. The molecule has 0 aliphatic heterocycles. The molecule has 0 bridgehead atoms. The second-order valence-corrected chi connectivity index (χ2v) is 6.95. The van der Waals surface area contributed by atoms with Gasteiger partial charge in [0.2, 0.25) is 5.88 Å². The van der Waals surface area contributed by atoms with Gasteiger partial charge in [-0.25, -0.2) is 15.0 Å².